The number of carboxylic acid groups (broad SMARTS) is 1. The highest BCUT2D eigenvalue weighted by Gasteiger charge is 2.27. The van der Waals surface area contributed by atoms with E-state index in [0.29, 0.717) is 31.0 Å². The Morgan fingerprint density at radius 2 is 2.18 bits per heavy atom. The van der Waals surface area contributed by atoms with E-state index in [1.807, 2.05) is 24.3 Å². The van der Waals surface area contributed by atoms with E-state index in [4.69, 9.17) is 9.84 Å². The maximum absolute atomic E-state index is 12.2. The summed E-state index contributed by atoms with van der Waals surface area (Å²) in [4.78, 5) is 24.9. The average Bonchev–Trinajstić information content (AvgIpc) is 2.55. The molecule has 1 unspecified atom stereocenters. The van der Waals surface area contributed by atoms with Gasteiger partial charge in [-0.05, 0) is 18.9 Å². The highest BCUT2D eigenvalue weighted by Crippen LogP contribution is 2.23. The highest BCUT2D eigenvalue weighted by atomic mass is 32.2. The molecule has 0 bridgehead atoms. The third-order valence-electron chi connectivity index (χ3n) is 3.80. The Balaban J connectivity index is 1.81. The zero-order chi connectivity index (χ0) is 15.9. The lowest BCUT2D eigenvalue weighted by atomic mass is 9.98. The number of aliphatic carboxylic acids is 1. The molecule has 1 atom stereocenters. The fourth-order valence-corrected chi connectivity index (χ4v) is 3.48. The molecule has 0 saturated carbocycles. The van der Waals surface area contributed by atoms with Gasteiger partial charge in [0.15, 0.2) is 0 Å². The van der Waals surface area contributed by atoms with Crippen LogP contribution in [0, 0.1) is 5.92 Å². The second kappa shape index (κ2) is 8.08. The number of piperidine rings is 1. The number of likely N-dealkylation sites (tertiary alicyclic amines) is 1. The smallest absolute Gasteiger partial charge is 0.308 e. The number of ether oxygens (including phenoxy) is 1. The van der Waals surface area contributed by atoms with Gasteiger partial charge in [0, 0.05) is 24.4 Å². The number of hydrogen-bond acceptors (Lipinski definition) is 4. The molecule has 5 nitrogen and oxygen atoms in total. The second-order valence-electron chi connectivity index (χ2n) is 5.32. The van der Waals surface area contributed by atoms with E-state index in [2.05, 4.69) is 0 Å². The summed E-state index contributed by atoms with van der Waals surface area (Å²) in [5, 5.41) is 9.06. The Morgan fingerprint density at radius 1 is 1.41 bits per heavy atom. The summed E-state index contributed by atoms with van der Waals surface area (Å²) in [7, 11) is 1.63. The number of carbonyl (C=O) groups is 2. The molecule has 1 aromatic carbocycles. The maximum Gasteiger partial charge on any atom is 0.308 e. The van der Waals surface area contributed by atoms with E-state index in [9.17, 15) is 9.59 Å². The van der Waals surface area contributed by atoms with Gasteiger partial charge in [0.25, 0.3) is 0 Å². The van der Waals surface area contributed by atoms with Crippen molar-refractivity contribution in [3.8, 4) is 5.75 Å². The zero-order valence-electron chi connectivity index (χ0n) is 12.7. The highest BCUT2D eigenvalue weighted by molar-refractivity contribution is 7.99. The van der Waals surface area contributed by atoms with Crippen molar-refractivity contribution in [1.29, 1.82) is 0 Å². The first kappa shape index (κ1) is 16.7. The zero-order valence-corrected chi connectivity index (χ0v) is 13.5. The van der Waals surface area contributed by atoms with Gasteiger partial charge in [-0.25, -0.2) is 0 Å². The minimum Gasteiger partial charge on any atom is -0.496 e. The number of nitrogens with zero attached hydrogens (tertiary/aromatic N) is 1. The number of benzene rings is 1. The summed E-state index contributed by atoms with van der Waals surface area (Å²) in [6, 6.07) is 7.75. The van der Waals surface area contributed by atoms with Crippen molar-refractivity contribution in [2.24, 2.45) is 5.92 Å². The van der Waals surface area contributed by atoms with E-state index in [-0.39, 0.29) is 5.91 Å². The van der Waals surface area contributed by atoms with Crippen molar-refractivity contribution < 1.29 is 19.4 Å². The molecular formula is C16H21NO4S. The van der Waals surface area contributed by atoms with Crippen LogP contribution >= 0.6 is 11.8 Å². The van der Waals surface area contributed by atoms with E-state index in [1.165, 1.54) is 11.8 Å². The molecule has 1 heterocycles. The van der Waals surface area contributed by atoms with Crippen molar-refractivity contribution in [2.75, 3.05) is 26.0 Å². The van der Waals surface area contributed by atoms with Crippen LogP contribution < -0.4 is 4.74 Å². The first-order valence-electron chi connectivity index (χ1n) is 7.32. The van der Waals surface area contributed by atoms with Gasteiger partial charge in [-0.15, -0.1) is 11.8 Å². The summed E-state index contributed by atoms with van der Waals surface area (Å²) >= 11 is 1.53. The third-order valence-corrected chi connectivity index (χ3v) is 4.77. The van der Waals surface area contributed by atoms with Gasteiger partial charge < -0.3 is 14.7 Å². The van der Waals surface area contributed by atoms with Crippen LogP contribution in [0.1, 0.15) is 18.4 Å². The number of thioether (sulfide) groups is 1. The number of amides is 1. The largest absolute Gasteiger partial charge is 0.496 e. The van der Waals surface area contributed by atoms with Crippen LogP contribution in [0.3, 0.4) is 0 Å². The molecule has 22 heavy (non-hydrogen) atoms. The lowest BCUT2D eigenvalue weighted by Crippen LogP contribution is -2.43. The number of rotatable bonds is 6. The van der Waals surface area contributed by atoms with Crippen molar-refractivity contribution in [3.63, 3.8) is 0 Å². The first-order chi connectivity index (χ1) is 10.6. The molecule has 1 saturated heterocycles. The monoisotopic (exact) mass is 323 g/mol. The Kier molecular flexibility index (Phi) is 6.12. The van der Waals surface area contributed by atoms with E-state index < -0.39 is 11.9 Å². The van der Waals surface area contributed by atoms with Gasteiger partial charge in [-0.1, -0.05) is 18.2 Å². The van der Waals surface area contributed by atoms with E-state index >= 15 is 0 Å². The van der Waals surface area contributed by atoms with Crippen molar-refractivity contribution in [1.82, 2.24) is 4.90 Å². The Morgan fingerprint density at radius 3 is 2.91 bits per heavy atom. The first-order valence-corrected chi connectivity index (χ1v) is 8.47. The molecule has 6 heteroatoms. The predicted molar refractivity (Wildman–Crippen MR) is 86.1 cm³/mol. The fraction of sp³-hybridized carbons (Fsp3) is 0.500. The van der Waals surface area contributed by atoms with Crippen LogP contribution in [0.25, 0.3) is 0 Å². The summed E-state index contributed by atoms with van der Waals surface area (Å²) in [6.45, 7) is 1.00. The van der Waals surface area contributed by atoms with Crippen molar-refractivity contribution >= 4 is 23.6 Å². The Bertz CT molecular complexity index is 535. The molecule has 1 amide bonds. The van der Waals surface area contributed by atoms with Crippen LogP contribution in [0.15, 0.2) is 24.3 Å². The third kappa shape index (κ3) is 4.40. The lowest BCUT2D eigenvalue weighted by Gasteiger charge is -2.30. The normalized spacial score (nSPS) is 18.0. The molecule has 1 aromatic rings. The fourth-order valence-electron chi connectivity index (χ4n) is 2.57. The summed E-state index contributed by atoms with van der Waals surface area (Å²) in [6.07, 6.45) is 1.42. The van der Waals surface area contributed by atoms with E-state index in [1.54, 1.807) is 12.0 Å². The topological polar surface area (TPSA) is 66.8 Å². The molecule has 1 N–H and O–H groups in total. The molecule has 120 valence electrons. The molecule has 1 aliphatic heterocycles. The molecule has 2 rings (SSSR count). The van der Waals surface area contributed by atoms with Gasteiger partial charge in [-0.2, -0.15) is 0 Å². The van der Waals surface area contributed by atoms with Gasteiger partial charge in [0.05, 0.1) is 18.8 Å². The van der Waals surface area contributed by atoms with Gasteiger partial charge in [-0.3, -0.25) is 9.59 Å². The van der Waals surface area contributed by atoms with Gasteiger partial charge >= 0.3 is 5.97 Å². The van der Waals surface area contributed by atoms with Gasteiger partial charge in [0.2, 0.25) is 5.91 Å². The number of para-hydroxylation sites is 1. The van der Waals surface area contributed by atoms with Crippen LogP contribution in [0.2, 0.25) is 0 Å². The SMILES string of the molecule is COc1ccccc1CSCC(=O)N1CCCC(C(=O)O)C1. The average molecular weight is 323 g/mol. The Hall–Kier alpha value is -1.69. The molecule has 1 aliphatic rings. The Labute approximate surface area is 134 Å². The predicted octanol–water partition coefficient (Wildman–Crippen LogP) is 2.25. The van der Waals surface area contributed by atoms with Crippen LogP contribution in [-0.2, 0) is 15.3 Å². The summed E-state index contributed by atoms with van der Waals surface area (Å²) in [5.41, 5.74) is 1.06. The van der Waals surface area contributed by atoms with Crippen molar-refractivity contribution in [3.05, 3.63) is 29.8 Å². The van der Waals surface area contributed by atoms with Crippen molar-refractivity contribution in [2.45, 2.75) is 18.6 Å². The summed E-state index contributed by atoms with van der Waals surface area (Å²) in [5.74, 6) is 0.685. The van der Waals surface area contributed by atoms with E-state index in [0.717, 1.165) is 17.7 Å². The van der Waals surface area contributed by atoms with Crippen LogP contribution in [0.4, 0.5) is 0 Å². The molecular weight excluding hydrogens is 302 g/mol. The number of carbonyl (C=O) groups excluding carboxylic acids is 1. The number of hydrogen-bond donors (Lipinski definition) is 1. The lowest BCUT2D eigenvalue weighted by molar-refractivity contribution is -0.145. The second-order valence-corrected chi connectivity index (χ2v) is 6.31. The minimum absolute atomic E-state index is 0.0193. The molecule has 0 aliphatic carbocycles. The standard InChI is InChI=1S/C16H21NO4S/c1-21-14-7-3-2-5-13(14)10-22-11-15(18)17-8-4-6-12(9-17)16(19)20/h2-3,5,7,12H,4,6,8-11H2,1H3,(H,19,20). The quantitative estimate of drug-likeness (QED) is 0.870. The van der Waals surface area contributed by atoms with Crippen LogP contribution in [-0.4, -0.2) is 47.8 Å². The molecule has 1 fully saturated rings. The molecule has 0 spiro atoms. The summed E-state index contributed by atoms with van der Waals surface area (Å²) < 4.78 is 5.29. The minimum atomic E-state index is -0.806. The van der Waals surface area contributed by atoms with Gasteiger partial charge in [0.1, 0.15) is 5.75 Å². The molecule has 0 radical (unpaired) electrons. The number of carboxylic acids is 1. The number of methoxy groups -OCH3 is 1. The maximum atomic E-state index is 12.2. The molecule has 0 aromatic heterocycles. The van der Waals surface area contributed by atoms with Crippen LogP contribution in [0.5, 0.6) is 5.75 Å².